The molecule has 0 saturated carbocycles. The summed E-state index contributed by atoms with van der Waals surface area (Å²) in [6.07, 6.45) is 9.47. The van der Waals surface area contributed by atoms with Gasteiger partial charge in [0.25, 0.3) is 0 Å². The summed E-state index contributed by atoms with van der Waals surface area (Å²) in [5, 5.41) is 0. The van der Waals surface area contributed by atoms with Gasteiger partial charge in [-0.25, -0.2) is 4.98 Å². The van der Waals surface area contributed by atoms with E-state index in [1.807, 2.05) is 36.8 Å². The van der Waals surface area contributed by atoms with Crippen LogP contribution in [0.3, 0.4) is 0 Å². The minimum absolute atomic E-state index is 0.386. The van der Waals surface area contributed by atoms with Crippen molar-refractivity contribution in [3.63, 3.8) is 0 Å². The second-order valence-electron chi connectivity index (χ2n) is 6.48. The molecule has 0 N–H and O–H groups in total. The highest BCUT2D eigenvalue weighted by Crippen LogP contribution is 2.32. The Morgan fingerprint density at radius 2 is 2.00 bits per heavy atom. The molecule has 4 heteroatoms. The predicted molar refractivity (Wildman–Crippen MR) is 94.9 cm³/mol. The lowest BCUT2D eigenvalue weighted by Gasteiger charge is -2.31. The Morgan fingerprint density at radius 1 is 1.12 bits per heavy atom. The van der Waals surface area contributed by atoms with E-state index >= 15 is 0 Å². The van der Waals surface area contributed by atoms with E-state index in [1.54, 1.807) is 0 Å². The number of para-hydroxylation sites is 1. The number of imidazole rings is 1. The van der Waals surface area contributed by atoms with Crippen molar-refractivity contribution in [2.45, 2.75) is 31.8 Å². The molecule has 2 aromatic heterocycles. The second-order valence-corrected chi connectivity index (χ2v) is 6.48. The number of benzene rings is 1. The molecule has 2 heterocycles. The van der Waals surface area contributed by atoms with Gasteiger partial charge in [-0.1, -0.05) is 24.3 Å². The minimum atomic E-state index is 0.386. The molecule has 1 unspecified atom stereocenters. The number of nitrogens with zero attached hydrogens (tertiary/aromatic N) is 4. The van der Waals surface area contributed by atoms with E-state index in [0.717, 1.165) is 24.3 Å². The van der Waals surface area contributed by atoms with E-state index in [2.05, 4.69) is 50.9 Å². The summed E-state index contributed by atoms with van der Waals surface area (Å²) in [4.78, 5) is 11.6. The molecule has 1 aliphatic rings. The van der Waals surface area contributed by atoms with Crippen molar-refractivity contribution in [2.75, 3.05) is 7.05 Å². The molecule has 122 valence electrons. The molecule has 0 fully saturated rings. The van der Waals surface area contributed by atoms with E-state index in [0.29, 0.717) is 6.04 Å². The van der Waals surface area contributed by atoms with Crippen LogP contribution in [0.15, 0.2) is 61.2 Å². The quantitative estimate of drug-likeness (QED) is 0.734. The van der Waals surface area contributed by atoms with Gasteiger partial charge in [-0.05, 0) is 50.1 Å². The number of hydrogen-bond acceptors (Lipinski definition) is 3. The summed E-state index contributed by atoms with van der Waals surface area (Å²) in [7, 11) is 2.18. The normalized spacial score (nSPS) is 17.0. The SMILES string of the molecule is CN(Cc1cn(-c2ccccc2)cn1)C1CCCc2cccnc21. The molecule has 24 heavy (non-hydrogen) atoms. The highest BCUT2D eigenvalue weighted by atomic mass is 15.2. The van der Waals surface area contributed by atoms with Gasteiger partial charge < -0.3 is 4.57 Å². The Hall–Kier alpha value is -2.46. The summed E-state index contributed by atoms with van der Waals surface area (Å²) >= 11 is 0. The summed E-state index contributed by atoms with van der Waals surface area (Å²) in [6, 6.07) is 15.0. The number of aryl methyl sites for hydroxylation is 1. The fraction of sp³-hybridized carbons (Fsp3) is 0.300. The third-order valence-electron chi connectivity index (χ3n) is 4.80. The topological polar surface area (TPSA) is 34.0 Å². The monoisotopic (exact) mass is 318 g/mol. The molecule has 3 aromatic rings. The molecule has 0 saturated heterocycles. The van der Waals surface area contributed by atoms with Crippen molar-refractivity contribution in [3.05, 3.63) is 78.1 Å². The van der Waals surface area contributed by atoms with Gasteiger partial charge >= 0.3 is 0 Å². The van der Waals surface area contributed by atoms with Gasteiger partial charge in [0, 0.05) is 24.6 Å². The van der Waals surface area contributed by atoms with Crippen LogP contribution in [-0.2, 0) is 13.0 Å². The fourth-order valence-electron chi connectivity index (χ4n) is 3.57. The summed E-state index contributed by atoms with van der Waals surface area (Å²) in [5.74, 6) is 0. The van der Waals surface area contributed by atoms with Crippen LogP contribution < -0.4 is 0 Å². The standard InChI is InChI=1S/C20H22N4/c1-23(19-11-5-7-16-8-6-12-21-20(16)19)13-17-14-24(15-22-17)18-9-3-2-4-10-18/h2-4,6,8-10,12,14-15,19H,5,7,11,13H2,1H3. The largest absolute Gasteiger partial charge is 0.306 e. The molecule has 0 aliphatic heterocycles. The zero-order valence-electron chi connectivity index (χ0n) is 14.0. The maximum Gasteiger partial charge on any atom is 0.0995 e. The number of hydrogen-bond donors (Lipinski definition) is 0. The molecule has 4 rings (SSSR count). The van der Waals surface area contributed by atoms with Gasteiger partial charge in [0.2, 0.25) is 0 Å². The van der Waals surface area contributed by atoms with Crippen LogP contribution in [0.2, 0.25) is 0 Å². The molecular weight excluding hydrogens is 296 g/mol. The maximum absolute atomic E-state index is 4.65. The van der Waals surface area contributed by atoms with E-state index < -0.39 is 0 Å². The summed E-state index contributed by atoms with van der Waals surface area (Å²) in [5.41, 5.74) is 4.87. The summed E-state index contributed by atoms with van der Waals surface area (Å²) < 4.78 is 2.08. The van der Waals surface area contributed by atoms with Crippen LogP contribution in [0.1, 0.15) is 35.8 Å². The number of fused-ring (bicyclic) bond motifs is 1. The molecule has 0 spiro atoms. The Bertz CT molecular complexity index is 809. The molecular formula is C20H22N4. The molecule has 0 amide bonds. The molecule has 0 bridgehead atoms. The Morgan fingerprint density at radius 3 is 2.88 bits per heavy atom. The molecule has 0 radical (unpaired) electrons. The Balaban J connectivity index is 1.51. The zero-order valence-corrected chi connectivity index (χ0v) is 14.0. The predicted octanol–water partition coefficient (Wildman–Crippen LogP) is 3.78. The third-order valence-corrected chi connectivity index (χ3v) is 4.80. The molecule has 1 aliphatic carbocycles. The fourth-order valence-corrected chi connectivity index (χ4v) is 3.57. The van der Waals surface area contributed by atoms with Gasteiger partial charge in [-0.3, -0.25) is 9.88 Å². The Labute approximate surface area is 142 Å². The second kappa shape index (κ2) is 6.57. The van der Waals surface area contributed by atoms with Crippen molar-refractivity contribution in [2.24, 2.45) is 0 Å². The first kappa shape index (κ1) is 15.1. The molecule has 1 aromatic carbocycles. The van der Waals surface area contributed by atoms with E-state index in [9.17, 15) is 0 Å². The first-order valence-electron chi connectivity index (χ1n) is 8.53. The van der Waals surface area contributed by atoms with Crippen molar-refractivity contribution >= 4 is 0 Å². The lowest BCUT2D eigenvalue weighted by Crippen LogP contribution is -2.28. The first-order valence-corrected chi connectivity index (χ1v) is 8.53. The van der Waals surface area contributed by atoms with Crippen LogP contribution in [0.4, 0.5) is 0 Å². The minimum Gasteiger partial charge on any atom is -0.306 e. The third kappa shape index (κ3) is 2.97. The maximum atomic E-state index is 4.65. The number of aromatic nitrogens is 3. The number of pyridine rings is 1. The highest BCUT2D eigenvalue weighted by Gasteiger charge is 2.25. The highest BCUT2D eigenvalue weighted by molar-refractivity contribution is 5.31. The summed E-state index contributed by atoms with van der Waals surface area (Å²) in [6.45, 7) is 0.834. The average Bonchev–Trinajstić information content (AvgIpc) is 3.10. The van der Waals surface area contributed by atoms with Gasteiger partial charge in [0.05, 0.1) is 23.8 Å². The lowest BCUT2D eigenvalue weighted by atomic mass is 9.91. The van der Waals surface area contributed by atoms with Gasteiger partial charge in [0.15, 0.2) is 0 Å². The molecule has 4 nitrogen and oxygen atoms in total. The average molecular weight is 318 g/mol. The lowest BCUT2D eigenvalue weighted by molar-refractivity contribution is 0.206. The van der Waals surface area contributed by atoms with Crippen molar-refractivity contribution < 1.29 is 0 Å². The molecule has 1 atom stereocenters. The van der Waals surface area contributed by atoms with Crippen LogP contribution in [-0.4, -0.2) is 26.5 Å². The first-order chi connectivity index (χ1) is 11.8. The van der Waals surface area contributed by atoms with Gasteiger partial charge in [-0.15, -0.1) is 0 Å². The van der Waals surface area contributed by atoms with Crippen LogP contribution >= 0.6 is 0 Å². The van der Waals surface area contributed by atoms with E-state index in [4.69, 9.17) is 0 Å². The van der Waals surface area contributed by atoms with Crippen LogP contribution in [0.5, 0.6) is 0 Å². The van der Waals surface area contributed by atoms with Crippen molar-refractivity contribution in [3.8, 4) is 5.69 Å². The Kier molecular flexibility index (Phi) is 4.13. The van der Waals surface area contributed by atoms with Crippen LogP contribution in [0.25, 0.3) is 5.69 Å². The van der Waals surface area contributed by atoms with Crippen molar-refractivity contribution in [1.29, 1.82) is 0 Å². The van der Waals surface area contributed by atoms with Gasteiger partial charge in [0.1, 0.15) is 0 Å². The smallest absolute Gasteiger partial charge is 0.0995 e. The van der Waals surface area contributed by atoms with E-state index in [1.165, 1.54) is 24.1 Å². The van der Waals surface area contributed by atoms with Crippen LogP contribution in [0, 0.1) is 0 Å². The zero-order chi connectivity index (χ0) is 16.4. The van der Waals surface area contributed by atoms with Crippen molar-refractivity contribution in [1.82, 2.24) is 19.4 Å². The van der Waals surface area contributed by atoms with Gasteiger partial charge in [-0.2, -0.15) is 0 Å². The number of rotatable bonds is 4. The van der Waals surface area contributed by atoms with E-state index in [-0.39, 0.29) is 0 Å².